The first-order valence-corrected chi connectivity index (χ1v) is 12.4. The Bertz CT molecular complexity index is 857. The lowest BCUT2D eigenvalue weighted by molar-refractivity contribution is -0.142. The fourth-order valence-corrected chi connectivity index (χ4v) is 3.93. The molecule has 4 atom stereocenters. The van der Waals surface area contributed by atoms with Crippen molar-refractivity contribution in [3.63, 3.8) is 0 Å². The van der Waals surface area contributed by atoms with Crippen molar-refractivity contribution in [1.29, 1.82) is 0 Å². The maximum Gasteiger partial charge on any atom is 0.336 e. The molecule has 1 aromatic rings. The molecular weight excluding hydrogens is 446 g/mol. The van der Waals surface area contributed by atoms with Crippen LogP contribution in [0.2, 0.25) is 0 Å². The minimum Gasteiger partial charge on any atom is -0.488 e. The van der Waals surface area contributed by atoms with Gasteiger partial charge in [0.1, 0.15) is 12.4 Å². The maximum absolute atomic E-state index is 11.9. The number of carboxylic acids is 1. The Morgan fingerprint density at radius 1 is 1.14 bits per heavy atom. The lowest BCUT2D eigenvalue weighted by atomic mass is 9.81. The number of hydrogen-bond donors (Lipinski definition) is 3. The Hall–Kier alpha value is -2.38. The summed E-state index contributed by atoms with van der Waals surface area (Å²) < 4.78 is 11.0. The smallest absolute Gasteiger partial charge is 0.336 e. The van der Waals surface area contributed by atoms with Crippen molar-refractivity contribution in [2.24, 2.45) is 23.5 Å². The van der Waals surface area contributed by atoms with Crippen molar-refractivity contribution in [3.8, 4) is 5.75 Å². The third-order valence-corrected chi connectivity index (χ3v) is 6.35. The highest BCUT2D eigenvalue weighted by molar-refractivity contribution is 5.88. The van der Waals surface area contributed by atoms with Crippen LogP contribution in [0.3, 0.4) is 0 Å². The van der Waals surface area contributed by atoms with Crippen LogP contribution in [0.15, 0.2) is 30.4 Å². The summed E-state index contributed by atoms with van der Waals surface area (Å²) in [5, 5.41) is 19.6. The predicted molar refractivity (Wildman–Crippen MR) is 138 cm³/mol. The molecule has 0 bridgehead atoms. The number of nitrogens with two attached hydrogens (primary N) is 1. The molecule has 0 aromatic heterocycles. The van der Waals surface area contributed by atoms with E-state index in [9.17, 15) is 14.7 Å². The maximum atomic E-state index is 11.9. The Labute approximate surface area is 210 Å². The van der Waals surface area contributed by atoms with Gasteiger partial charge >= 0.3 is 11.9 Å². The fraction of sp³-hybridized carbons (Fsp3) is 0.643. The number of benzene rings is 1. The number of aliphatic hydroxyl groups excluding tert-OH is 1. The molecule has 0 spiro atoms. The van der Waals surface area contributed by atoms with Crippen molar-refractivity contribution in [1.82, 2.24) is 0 Å². The van der Waals surface area contributed by atoms with E-state index in [0.29, 0.717) is 18.1 Å². The normalized spacial score (nSPS) is 15.3. The van der Waals surface area contributed by atoms with E-state index in [-0.39, 0.29) is 36.5 Å². The Morgan fingerprint density at radius 3 is 2.29 bits per heavy atom. The first-order valence-electron chi connectivity index (χ1n) is 12.4. The first-order chi connectivity index (χ1) is 16.2. The van der Waals surface area contributed by atoms with Gasteiger partial charge in [-0.2, -0.15) is 0 Å². The number of carbonyl (C=O) groups excluding carboxylic acids is 1. The Kier molecular flexibility index (Phi) is 11.9. The molecule has 7 nitrogen and oxygen atoms in total. The Morgan fingerprint density at radius 2 is 1.77 bits per heavy atom. The summed E-state index contributed by atoms with van der Waals surface area (Å²) in [6, 6.07) is 5.63. The minimum atomic E-state index is -0.936. The molecule has 4 N–H and O–H groups in total. The summed E-state index contributed by atoms with van der Waals surface area (Å²) in [6.07, 6.45) is 0.552. The predicted octanol–water partition coefficient (Wildman–Crippen LogP) is 4.49. The van der Waals surface area contributed by atoms with Gasteiger partial charge in [0.25, 0.3) is 0 Å². The number of rotatable bonds is 14. The van der Waals surface area contributed by atoms with E-state index in [1.165, 1.54) is 0 Å². The van der Waals surface area contributed by atoms with Gasteiger partial charge in [0, 0.05) is 6.04 Å². The zero-order valence-electron chi connectivity index (χ0n) is 22.5. The molecule has 7 heteroatoms. The Balaban J connectivity index is 3.04. The fourth-order valence-electron chi connectivity index (χ4n) is 3.93. The molecule has 0 amide bonds. The summed E-state index contributed by atoms with van der Waals surface area (Å²) in [5.74, 6) is -0.868. The number of aliphatic hydroxyl groups is 1. The van der Waals surface area contributed by atoms with E-state index in [2.05, 4.69) is 53.3 Å². The molecule has 0 aliphatic heterocycles. The van der Waals surface area contributed by atoms with Crippen LogP contribution < -0.4 is 10.5 Å². The largest absolute Gasteiger partial charge is 0.488 e. The molecule has 0 fully saturated rings. The van der Waals surface area contributed by atoms with Gasteiger partial charge in [-0.05, 0) is 60.6 Å². The molecule has 0 aliphatic rings. The van der Waals surface area contributed by atoms with Gasteiger partial charge in [0.05, 0.1) is 24.2 Å². The number of carbonyl (C=O) groups is 2. The highest BCUT2D eigenvalue weighted by Crippen LogP contribution is 2.34. The highest BCUT2D eigenvalue weighted by atomic mass is 16.5. The minimum absolute atomic E-state index is 0.0395. The lowest BCUT2D eigenvalue weighted by Crippen LogP contribution is -2.39. The zero-order chi connectivity index (χ0) is 26.9. The molecule has 4 unspecified atom stereocenters. The summed E-state index contributed by atoms with van der Waals surface area (Å²) in [4.78, 5) is 23.1. The second-order valence-electron chi connectivity index (χ2n) is 10.8. The lowest BCUT2D eigenvalue weighted by Gasteiger charge is -2.29. The topological polar surface area (TPSA) is 119 Å². The number of hydrogen-bond acceptors (Lipinski definition) is 6. The highest BCUT2D eigenvalue weighted by Gasteiger charge is 2.26. The van der Waals surface area contributed by atoms with Crippen molar-refractivity contribution in [2.45, 2.75) is 85.3 Å². The molecule has 1 aromatic carbocycles. The molecule has 35 heavy (non-hydrogen) atoms. The molecule has 198 valence electrons. The first kappa shape index (κ1) is 30.7. The van der Waals surface area contributed by atoms with Gasteiger partial charge < -0.3 is 25.4 Å². The van der Waals surface area contributed by atoms with E-state index < -0.39 is 30.0 Å². The standard InChI is InChI=1S/C28H45NO6/c1-9-34-27(33)19(5)16-35-25-14-20(10-11-22(25)28(6,7)8)13-21(17(2)3)15-23(29)24(30)12-18(4)26(31)32/h10-11,14,17-18,21,23-24,30H,5,9,12-13,15-16,29H2,1-4,6-8H3,(H,31,32). The van der Waals surface area contributed by atoms with Crippen LogP contribution in [0, 0.1) is 17.8 Å². The third-order valence-electron chi connectivity index (χ3n) is 6.35. The zero-order valence-corrected chi connectivity index (χ0v) is 22.5. The van der Waals surface area contributed by atoms with Gasteiger partial charge in [-0.3, -0.25) is 4.79 Å². The van der Waals surface area contributed by atoms with Crippen molar-refractivity contribution < 1.29 is 29.3 Å². The number of ether oxygens (including phenoxy) is 2. The van der Waals surface area contributed by atoms with Crippen LogP contribution in [-0.2, 0) is 26.2 Å². The van der Waals surface area contributed by atoms with E-state index >= 15 is 0 Å². The van der Waals surface area contributed by atoms with E-state index in [4.69, 9.17) is 20.3 Å². The second-order valence-corrected chi connectivity index (χ2v) is 10.8. The van der Waals surface area contributed by atoms with Gasteiger partial charge in [-0.1, -0.05) is 60.3 Å². The van der Waals surface area contributed by atoms with Gasteiger partial charge in [0.2, 0.25) is 0 Å². The van der Waals surface area contributed by atoms with Crippen LogP contribution in [0.25, 0.3) is 0 Å². The number of esters is 1. The van der Waals surface area contributed by atoms with Crippen LogP contribution in [0.1, 0.15) is 72.4 Å². The van der Waals surface area contributed by atoms with E-state index in [1.54, 1.807) is 13.8 Å². The molecule has 0 aliphatic carbocycles. The van der Waals surface area contributed by atoms with E-state index in [0.717, 1.165) is 17.5 Å². The average molecular weight is 492 g/mol. The molecule has 0 saturated carbocycles. The van der Waals surface area contributed by atoms with Crippen molar-refractivity contribution in [2.75, 3.05) is 13.2 Å². The SMILES string of the molecule is C=C(COc1cc(CC(CC(N)C(O)CC(C)C(=O)O)C(C)C)ccc1C(C)(C)C)C(=O)OCC. The number of aliphatic carboxylic acids is 1. The van der Waals surface area contributed by atoms with Crippen LogP contribution in [0.4, 0.5) is 0 Å². The van der Waals surface area contributed by atoms with Gasteiger partial charge in [-0.25, -0.2) is 4.79 Å². The number of carboxylic acid groups (broad SMARTS) is 1. The summed E-state index contributed by atoms with van der Waals surface area (Å²) in [7, 11) is 0. The van der Waals surface area contributed by atoms with Crippen molar-refractivity contribution in [3.05, 3.63) is 41.5 Å². The average Bonchev–Trinajstić information content (AvgIpc) is 2.75. The third kappa shape index (κ3) is 10.0. The van der Waals surface area contributed by atoms with Crippen LogP contribution in [-0.4, -0.2) is 47.5 Å². The quantitative estimate of drug-likeness (QED) is 0.259. The molecule has 0 saturated heterocycles. The summed E-state index contributed by atoms with van der Waals surface area (Å²) >= 11 is 0. The monoisotopic (exact) mass is 491 g/mol. The van der Waals surface area contributed by atoms with Crippen LogP contribution in [0.5, 0.6) is 5.75 Å². The summed E-state index contributed by atoms with van der Waals surface area (Å²) in [5.41, 5.74) is 8.46. The van der Waals surface area contributed by atoms with Crippen molar-refractivity contribution >= 4 is 11.9 Å². The van der Waals surface area contributed by atoms with Gasteiger partial charge in [-0.15, -0.1) is 0 Å². The summed E-state index contributed by atoms with van der Waals surface area (Å²) in [6.45, 7) is 18.0. The second kappa shape index (κ2) is 13.6. The molecule has 0 heterocycles. The van der Waals surface area contributed by atoms with E-state index in [1.807, 2.05) is 6.07 Å². The van der Waals surface area contributed by atoms with Crippen LogP contribution >= 0.6 is 0 Å². The molecule has 0 radical (unpaired) electrons. The molecule has 1 rings (SSSR count). The van der Waals surface area contributed by atoms with Gasteiger partial charge in [0.15, 0.2) is 0 Å². The molecular formula is C28H45NO6.